The summed E-state index contributed by atoms with van der Waals surface area (Å²) in [7, 11) is 1.56. The predicted octanol–water partition coefficient (Wildman–Crippen LogP) is 4.10. The number of nitrogens with zero attached hydrogens (tertiary/aromatic N) is 2. The van der Waals surface area contributed by atoms with Crippen molar-refractivity contribution in [2.45, 2.75) is 12.6 Å². The molecular weight excluding hydrogens is 471 g/mol. The summed E-state index contributed by atoms with van der Waals surface area (Å²) in [6.45, 7) is 0. The number of rotatable bonds is 4. The van der Waals surface area contributed by atoms with Crippen LogP contribution < -0.4 is 16.6 Å². The largest absolute Gasteiger partial charge is 0.433 e. The van der Waals surface area contributed by atoms with Gasteiger partial charge in [-0.3, -0.25) is 9.79 Å². The first kappa shape index (κ1) is 21.2. The molecule has 0 radical (unpaired) electrons. The fourth-order valence-electron chi connectivity index (χ4n) is 2.68. The van der Waals surface area contributed by atoms with Gasteiger partial charge in [0.2, 0.25) is 5.91 Å². The third kappa shape index (κ3) is 4.74. The Kier molecular flexibility index (Phi) is 6.20. The first-order chi connectivity index (χ1) is 13.7. The number of hydrogen-bond donors (Lipinski definition) is 3. The number of amidine groups is 1. The van der Waals surface area contributed by atoms with E-state index in [-0.39, 0.29) is 17.8 Å². The van der Waals surface area contributed by atoms with Crippen LogP contribution in [-0.2, 0) is 17.4 Å². The fourth-order valence-corrected chi connectivity index (χ4v) is 4.32. The molecule has 0 aliphatic carbocycles. The van der Waals surface area contributed by atoms with Crippen LogP contribution in [0.5, 0.6) is 0 Å². The Balaban J connectivity index is 1.82. The average Bonchev–Trinajstić information content (AvgIpc) is 3.02. The quantitative estimate of drug-likeness (QED) is 0.224. The van der Waals surface area contributed by atoms with E-state index in [1.807, 2.05) is 0 Å². The number of nitrogens with two attached hydrogens (primary N) is 1. The summed E-state index contributed by atoms with van der Waals surface area (Å²) in [4.78, 5) is 20.2. The van der Waals surface area contributed by atoms with Gasteiger partial charge in [0.25, 0.3) is 0 Å². The van der Waals surface area contributed by atoms with E-state index in [0.29, 0.717) is 31.8 Å². The summed E-state index contributed by atoms with van der Waals surface area (Å²) in [5.74, 6) is 5.52. The lowest BCUT2D eigenvalue weighted by Crippen LogP contribution is -2.31. The van der Waals surface area contributed by atoms with Crippen molar-refractivity contribution in [3.63, 3.8) is 0 Å². The molecule has 3 aromatic rings. The van der Waals surface area contributed by atoms with Crippen LogP contribution in [0, 0.1) is 0 Å². The van der Waals surface area contributed by atoms with E-state index in [1.54, 1.807) is 24.6 Å². The number of fused-ring (bicyclic) bond motifs is 1. The van der Waals surface area contributed by atoms with Crippen LogP contribution in [0.25, 0.3) is 10.9 Å². The van der Waals surface area contributed by atoms with Gasteiger partial charge in [-0.05, 0) is 33.6 Å². The van der Waals surface area contributed by atoms with Gasteiger partial charge >= 0.3 is 6.18 Å². The van der Waals surface area contributed by atoms with Crippen LogP contribution >= 0.6 is 27.3 Å². The number of aromatic nitrogens is 1. The first-order valence-electron chi connectivity index (χ1n) is 8.20. The SMILES string of the molecule is CN=C(NN)c1c(Br)csc1NC(=O)Cc1ccc2ccc(C(F)(F)F)nc2c1. The van der Waals surface area contributed by atoms with Crippen LogP contribution in [0.2, 0.25) is 0 Å². The third-order valence-electron chi connectivity index (χ3n) is 4.01. The zero-order chi connectivity index (χ0) is 21.2. The minimum Gasteiger partial charge on any atom is -0.317 e. The summed E-state index contributed by atoms with van der Waals surface area (Å²) < 4.78 is 39.4. The summed E-state index contributed by atoms with van der Waals surface area (Å²) in [5, 5.41) is 5.67. The van der Waals surface area contributed by atoms with Gasteiger partial charge in [-0.1, -0.05) is 18.2 Å². The number of hydrazine groups is 1. The maximum atomic E-state index is 12.9. The minimum atomic E-state index is -4.53. The Morgan fingerprint density at radius 2 is 2.03 bits per heavy atom. The zero-order valence-electron chi connectivity index (χ0n) is 15.0. The molecule has 11 heteroatoms. The van der Waals surface area contributed by atoms with E-state index in [9.17, 15) is 18.0 Å². The summed E-state index contributed by atoms with van der Waals surface area (Å²) in [5.41, 5.74) is 2.83. The van der Waals surface area contributed by atoms with E-state index in [2.05, 4.69) is 36.6 Å². The zero-order valence-corrected chi connectivity index (χ0v) is 17.4. The van der Waals surface area contributed by atoms with Gasteiger partial charge in [-0.15, -0.1) is 11.3 Å². The molecule has 0 saturated carbocycles. The molecule has 0 aliphatic rings. The van der Waals surface area contributed by atoms with Crippen molar-refractivity contribution in [2.24, 2.45) is 10.8 Å². The molecule has 0 atom stereocenters. The van der Waals surface area contributed by atoms with Gasteiger partial charge in [0.05, 0.1) is 17.5 Å². The van der Waals surface area contributed by atoms with Crippen LogP contribution in [0.3, 0.4) is 0 Å². The molecule has 0 saturated heterocycles. The summed E-state index contributed by atoms with van der Waals surface area (Å²) in [6.07, 6.45) is -4.56. The highest BCUT2D eigenvalue weighted by molar-refractivity contribution is 9.10. The van der Waals surface area contributed by atoms with E-state index < -0.39 is 11.9 Å². The average molecular weight is 486 g/mol. The number of hydrogen-bond acceptors (Lipinski definition) is 5. The van der Waals surface area contributed by atoms with E-state index in [1.165, 1.54) is 23.5 Å². The predicted molar refractivity (Wildman–Crippen MR) is 111 cm³/mol. The number of pyridine rings is 1. The summed E-state index contributed by atoms with van der Waals surface area (Å²) >= 11 is 4.68. The number of carbonyl (C=O) groups excluding carboxylic acids is 1. The van der Waals surface area contributed by atoms with Gasteiger partial charge in [0.1, 0.15) is 16.5 Å². The van der Waals surface area contributed by atoms with Gasteiger partial charge in [0.15, 0.2) is 0 Å². The number of halogens is 4. The summed E-state index contributed by atoms with van der Waals surface area (Å²) in [6, 6.07) is 7.09. The molecular formula is C18H15BrF3N5OS. The van der Waals surface area contributed by atoms with Crippen LogP contribution in [0.15, 0.2) is 45.2 Å². The van der Waals surface area contributed by atoms with E-state index in [4.69, 9.17) is 5.84 Å². The standard InChI is InChI=1S/C18H15BrF3N5OS/c1-24-16(27-23)15-11(19)8-29-17(15)26-14(28)7-9-2-3-10-4-5-13(18(20,21)22)25-12(10)6-9/h2-6,8H,7,23H2,1H3,(H,24,27)(H,26,28). The molecule has 3 rings (SSSR count). The minimum absolute atomic E-state index is 0.0303. The molecule has 1 amide bonds. The lowest BCUT2D eigenvalue weighted by atomic mass is 10.1. The number of carbonyl (C=O) groups is 1. The number of thiophene rings is 1. The molecule has 2 heterocycles. The van der Waals surface area contributed by atoms with Crippen LogP contribution in [0.4, 0.5) is 18.2 Å². The molecule has 29 heavy (non-hydrogen) atoms. The highest BCUT2D eigenvalue weighted by atomic mass is 79.9. The maximum absolute atomic E-state index is 12.9. The maximum Gasteiger partial charge on any atom is 0.433 e. The van der Waals surface area contributed by atoms with Crippen molar-refractivity contribution in [3.8, 4) is 0 Å². The molecule has 0 bridgehead atoms. The van der Waals surface area contributed by atoms with Crippen molar-refractivity contribution in [2.75, 3.05) is 12.4 Å². The lowest BCUT2D eigenvalue weighted by molar-refractivity contribution is -0.141. The highest BCUT2D eigenvalue weighted by Gasteiger charge is 2.32. The van der Waals surface area contributed by atoms with Crippen LogP contribution in [-0.4, -0.2) is 23.8 Å². The Morgan fingerprint density at radius 1 is 1.31 bits per heavy atom. The molecule has 4 N–H and O–H groups in total. The molecule has 1 aromatic carbocycles. The van der Waals surface area contributed by atoms with Gasteiger partial charge in [-0.25, -0.2) is 10.8 Å². The number of benzene rings is 1. The van der Waals surface area contributed by atoms with Crippen molar-refractivity contribution in [3.05, 3.63) is 57.0 Å². The fraction of sp³-hybridized carbons (Fsp3) is 0.167. The Labute approximate surface area is 176 Å². The Morgan fingerprint density at radius 3 is 2.69 bits per heavy atom. The topological polar surface area (TPSA) is 92.4 Å². The molecule has 0 unspecified atom stereocenters. The lowest BCUT2D eigenvalue weighted by Gasteiger charge is -2.10. The molecule has 0 spiro atoms. The van der Waals surface area contributed by atoms with Crippen molar-refractivity contribution >= 4 is 54.9 Å². The van der Waals surface area contributed by atoms with Crippen LogP contribution in [0.1, 0.15) is 16.8 Å². The second-order valence-electron chi connectivity index (χ2n) is 5.95. The second-order valence-corrected chi connectivity index (χ2v) is 7.68. The molecule has 2 aromatic heterocycles. The van der Waals surface area contributed by atoms with Crippen molar-refractivity contribution in [1.29, 1.82) is 0 Å². The number of alkyl halides is 3. The number of anilines is 1. The Bertz CT molecular complexity index is 1100. The molecule has 0 fully saturated rings. The second kappa shape index (κ2) is 8.47. The number of amides is 1. The Hall–Kier alpha value is -2.50. The normalized spacial score (nSPS) is 12.3. The first-order valence-corrected chi connectivity index (χ1v) is 9.87. The smallest absolute Gasteiger partial charge is 0.317 e. The van der Waals surface area contributed by atoms with E-state index >= 15 is 0 Å². The highest BCUT2D eigenvalue weighted by Crippen LogP contribution is 2.33. The number of aliphatic imine (C=N–C) groups is 1. The van der Waals surface area contributed by atoms with Gasteiger partial charge in [-0.2, -0.15) is 13.2 Å². The third-order valence-corrected chi connectivity index (χ3v) is 5.83. The van der Waals surface area contributed by atoms with Gasteiger partial charge < -0.3 is 10.7 Å². The van der Waals surface area contributed by atoms with Gasteiger partial charge in [0, 0.05) is 22.3 Å². The molecule has 6 nitrogen and oxygen atoms in total. The van der Waals surface area contributed by atoms with E-state index in [0.717, 1.165) is 6.07 Å². The monoisotopic (exact) mass is 485 g/mol. The van der Waals surface area contributed by atoms with Crippen molar-refractivity contribution < 1.29 is 18.0 Å². The number of nitrogens with one attached hydrogen (secondary N) is 2. The molecule has 0 aliphatic heterocycles. The molecule has 152 valence electrons. The van der Waals surface area contributed by atoms with Crippen molar-refractivity contribution in [1.82, 2.24) is 10.4 Å².